The monoisotopic (exact) mass is 386 g/mol. The molecule has 1 atom stereocenters. The Kier molecular flexibility index (Phi) is 4.09. The zero-order chi connectivity index (χ0) is 15.0. The molecule has 1 aromatic heterocycles. The standard InChI is InChI=1S/C14H15BrN2O2S2/c1-10-9-17(12-5-3-2-4-11(12)8-16-10)21(18,19)14-7-6-13(15)20-14/h2-7,10,16H,8-9H2,1H3. The number of nitrogens with one attached hydrogen (secondary N) is 1. The van der Waals surface area contributed by atoms with Crippen LogP contribution in [0.25, 0.3) is 0 Å². The molecule has 0 saturated carbocycles. The lowest BCUT2D eigenvalue weighted by Crippen LogP contribution is -2.39. The number of thiophene rings is 1. The third-order valence-corrected chi connectivity index (χ3v) is 7.30. The van der Waals surface area contributed by atoms with Gasteiger partial charge in [0.05, 0.1) is 9.47 Å². The fourth-order valence-electron chi connectivity index (χ4n) is 2.37. The van der Waals surface area contributed by atoms with E-state index in [1.54, 1.807) is 12.1 Å². The average Bonchev–Trinajstić information content (AvgIpc) is 2.82. The van der Waals surface area contributed by atoms with Crippen LogP contribution in [0.1, 0.15) is 12.5 Å². The molecule has 21 heavy (non-hydrogen) atoms. The van der Waals surface area contributed by atoms with E-state index in [2.05, 4.69) is 21.2 Å². The zero-order valence-electron chi connectivity index (χ0n) is 11.4. The van der Waals surface area contributed by atoms with Crippen molar-refractivity contribution in [3.8, 4) is 0 Å². The zero-order valence-corrected chi connectivity index (χ0v) is 14.6. The summed E-state index contributed by atoms with van der Waals surface area (Å²) in [4.78, 5) is 0. The van der Waals surface area contributed by atoms with Gasteiger partial charge in [-0.05, 0) is 46.6 Å². The third kappa shape index (κ3) is 2.88. The van der Waals surface area contributed by atoms with Crippen molar-refractivity contribution in [1.82, 2.24) is 5.32 Å². The molecule has 112 valence electrons. The van der Waals surface area contributed by atoms with Gasteiger partial charge in [0.2, 0.25) is 0 Å². The smallest absolute Gasteiger partial charge is 0.273 e. The van der Waals surface area contributed by atoms with Crippen molar-refractivity contribution < 1.29 is 8.42 Å². The average molecular weight is 387 g/mol. The van der Waals surface area contributed by atoms with Gasteiger partial charge in [-0.2, -0.15) is 0 Å². The number of hydrogen-bond donors (Lipinski definition) is 1. The summed E-state index contributed by atoms with van der Waals surface area (Å²) in [6.45, 7) is 3.10. The predicted octanol–water partition coefficient (Wildman–Crippen LogP) is 3.20. The van der Waals surface area contributed by atoms with Crippen LogP contribution in [-0.2, 0) is 16.6 Å². The summed E-state index contributed by atoms with van der Waals surface area (Å²) < 4.78 is 28.6. The van der Waals surface area contributed by atoms with E-state index in [9.17, 15) is 8.42 Å². The highest BCUT2D eigenvalue weighted by molar-refractivity contribution is 9.11. The van der Waals surface area contributed by atoms with E-state index in [0.717, 1.165) is 15.0 Å². The van der Waals surface area contributed by atoms with Crippen LogP contribution < -0.4 is 9.62 Å². The quantitative estimate of drug-likeness (QED) is 0.861. The van der Waals surface area contributed by atoms with Crippen molar-refractivity contribution in [2.24, 2.45) is 0 Å². The minimum Gasteiger partial charge on any atom is -0.308 e. The number of halogens is 1. The van der Waals surface area contributed by atoms with E-state index in [4.69, 9.17) is 0 Å². The molecule has 4 nitrogen and oxygen atoms in total. The second kappa shape index (κ2) is 5.72. The number of sulfonamides is 1. The Balaban J connectivity index is 2.11. The topological polar surface area (TPSA) is 49.4 Å². The summed E-state index contributed by atoms with van der Waals surface area (Å²) in [5.74, 6) is 0. The number of hydrogen-bond acceptors (Lipinski definition) is 4. The van der Waals surface area contributed by atoms with Crippen LogP contribution in [0.4, 0.5) is 5.69 Å². The van der Waals surface area contributed by atoms with Crippen LogP contribution in [0.15, 0.2) is 44.4 Å². The van der Waals surface area contributed by atoms with Gasteiger partial charge in [-0.3, -0.25) is 4.31 Å². The summed E-state index contributed by atoms with van der Waals surface area (Å²) in [6.07, 6.45) is 0. The largest absolute Gasteiger partial charge is 0.308 e. The molecule has 0 aliphatic carbocycles. The third-order valence-electron chi connectivity index (χ3n) is 3.43. The molecule has 1 aliphatic rings. The molecule has 1 aromatic carbocycles. The van der Waals surface area contributed by atoms with Crippen molar-refractivity contribution in [2.75, 3.05) is 10.8 Å². The van der Waals surface area contributed by atoms with Crippen LogP contribution in [0, 0.1) is 0 Å². The maximum atomic E-state index is 12.9. The highest BCUT2D eigenvalue weighted by atomic mass is 79.9. The molecule has 0 bridgehead atoms. The Morgan fingerprint density at radius 2 is 2.05 bits per heavy atom. The van der Waals surface area contributed by atoms with E-state index in [-0.39, 0.29) is 6.04 Å². The van der Waals surface area contributed by atoms with Crippen molar-refractivity contribution in [3.05, 3.63) is 45.7 Å². The number of anilines is 1. The van der Waals surface area contributed by atoms with Crippen LogP contribution in [0.2, 0.25) is 0 Å². The number of fused-ring (bicyclic) bond motifs is 1. The number of rotatable bonds is 2. The highest BCUT2D eigenvalue weighted by Gasteiger charge is 2.30. The molecular weight excluding hydrogens is 372 g/mol. The summed E-state index contributed by atoms with van der Waals surface area (Å²) in [6, 6.07) is 11.2. The molecule has 0 saturated heterocycles. The first kappa shape index (κ1) is 15.0. The lowest BCUT2D eigenvalue weighted by atomic mass is 10.2. The molecule has 0 spiro atoms. The molecule has 3 rings (SSSR count). The van der Waals surface area contributed by atoms with Gasteiger partial charge in [0.1, 0.15) is 4.21 Å². The molecule has 0 fully saturated rings. The summed E-state index contributed by atoms with van der Waals surface area (Å²) >= 11 is 4.57. The molecular formula is C14H15BrN2O2S2. The Morgan fingerprint density at radius 1 is 1.29 bits per heavy atom. The minimum atomic E-state index is -3.53. The van der Waals surface area contributed by atoms with Crippen molar-refractivity contribution in [2.45, 2.75) is 23.7 Å². The van der Waals surface area contributed by atoms with Gasteiger partial charge in [-0.1, -0.05) is 18.2 Å². The van der Waals surface area contributed by atoms with Crippen molar-refractivity contribution in [3.63, 3.8) is 0 Å². The van der Waals surface area contributed by atoms with Crippen LogP contribution in [0.3, 0.4) is 0 Å². The van der Waals surface area contributed by atoms with E-state index in [1.165, 1.54) is 15.6 Å². The Labute approximate surface area is 137 Å². The Morgan fingerprint density at radius 3 is 2.76 bits per heavy atom. The van der Waals surface area contributed by atoms with Gasteiger partial charge in [0.25, 0.3) is 10.0 Å². The summed E-state index contributed by atoms with van der Waals surface area (Å²) in [7, 11) is -3.53. The first-order valence-electron chi connectivity index (χ1n) is 6.58. The van der Waals surface area contributed by atoms with Gasteiger partial charge < -0.3 is 5.32 Å². The fourth-order valence-corrected chi connectivity index (χ4v) is 6.09. The number of nitrogens with zero attached hydrogens (tertiary/aromatic N) is 1. The molecule has 7 heteroatoms. The molecule has 1 aliphatic heterocycles. The number of para-hydroxylation sites is 1. The fraction of sp³-hybridized carbons (Fsp3) is 0.286. The highest BCUT2D eigenvalue weighted by Crippen LogP contribution is 2.33. The predicted molar refractivity (Wildman–Crippen MR) is 89.3 cm³/mol. The maximum Gasteiger partial charge on any atom is 0.273 e. The second-order valence-electron chi connectivity index (χ2n) is 5.01. The van der Waals surface area contributed by atoms with E-state index in [1.807, 2.05) is 31.2 Å². The molecule has 2 aromatic rings. The van der Waals surface area contributed by atoms with Crippen LogP contribution in [-0.4, -0.2) is 21.0 Å². The second-order valence-corrected chi connectivity index (χ2v) is 9.56. The van der Waals surface area contributed by atoms with E-state index in [0.29, 0.717) is 17.3 Å². The van der Waals surface area contributed by atoms with Crippen molar-refractivity contribution in [1.29, 1.82) is 0 Å². The minimum absolute atomic E-state index is 0.0931. The molecule has 2 heterocycles. The Bertz CT molecular complexity index is 758. The van der Waals surface area contributed by atoms with Crippen molar-refractivity contribution >= 4 is 43.0 Å². The maximum absolute atomic E-state index is 12.9. The lowest BCUT2D eigenvalue weighted by molar-refractivity contribution is 0.557. The first-order chi connectivity index (χ1) is 9.98. The van der Waals surface area contributed by atoms with Crippen LogP contribution >= 0.6 is 27.3 Å². The summed E-state index contributed by atoms with van der Waals surface area (Å²) in [5, 5.41) is 3.35. The molecule has 1 unspecified atom stereocenters. The van der Waals surface area contributed by atoms with Gasteiger partial charge in [-0.25, -0.2) is 8.42 Å². The Hall–Kier alpha value is -0.890. The SMILES string of the molecule is CC1CN(S(=O)(=O)c2ccc(Br)s2)c2ccccc2CN1. The van der Waals surface area contributed by atoms with Crippen LogP contribution in [0.5, 0.6) is 0 Å². The van der Waals surface area contributed by atoms with Gasteiger partial charge in [-0.15, -0.1) is 11.3 Å². The number of benzene rings is 1. The molecule has 1 N–H and O–H groups in total. The lowest BCUT2D eigenvalue weighted by Gasteiger charge is -2.25. The first-order valence-corrected chi connectivity index (χ1v) is 9.63. The molecule has 0 radical (unpaired) electrons. The van der Waals surface area contributed by atoms with Gasteiger partial charge >= 0.3 is 0 Å². The molecule has 0 amide bonds. The van der Waals surface area contributed by atoms with Gasteiger partial charge in [0, 0.05) is 19.1 Å². The van der Waals surface area contributed by atoms with Gasteiger partial charge in [0.15, 0.2) is 0 Å². The normalized spacial score (nSPS) is 19.1. The van der Waals surface area contributed by atoms with E-state index >= 15 is 0 Å². The summed E-state index contributed by atoms with van der Waals surface area (Å²) in [5.41, 5.74) is 1.76. The van der Waals surface area contributed by atoms with E-state index < -0.39 is 10.0 Å².